The van der Waals surface area contributed by atoms with E-state index in [2.05, 4.69) is 46.2 Å². The second kappa shape index (κ2) is 4.60. The van der Waals surface area contributed by atoms with Crippen LogP contribution in [0.4, 0.5) is 0 Å². The zero-order chi connectivity index (χ0) is 13.5. The van der Waals surface area contributed by atoms with Gasteiger partial charge in [0.1, 0.15) is 0 Å². The number of aromatic nitrogens is 2. The monoisotopic (exact) mass is 265 g/mol. The highest BCUT2D eigenvalue weighted by molar-refractivity contribution is 6.07. The number of hydrogen-bond donors (Lipinski definition) is 1. The fourth-order valence-corrected chi connectivity index (χ4v) is 3.46. The molecule has 4 rings (SSSR count). The first kappa shape index (κ1) is 11.9. The van der Waals surface area contributed by atoms with Gasteiger partial charge >= 0.3 is 0 Å². The van der Waals surface area contributed by atoms with Gasteiger partial charge in [-0.25, -0.2) is 0 Å². The first-order valence-electron chi connectivity index (χ1n) is 7.34. The van der Waals surface area contributed by atoms with Crippen LogP contribution in [-0.2, 0) is 13.5 Å². The largest absolute Gasteiger partial charge is 0.344 e. The molecule has 1 unspecified atom stereocenters. The van der Waals surface area contributed by atoms with E-state index >= 15 is 0 Å². The molecule has 0 spiro atoms. The summed E-state index contributed by atoms with van der Waals surface area (Å²) in [6.45, 7) is 2.33. The van der Waals surface area contributed by atoms with Crippen LogP contribution in [-0.4, -0.2) is 22.6 Å². The van der Waals surface area contributed by atoms with E-state index in [1.54, 1.807) is 0 Å². The lowest BCUT2D eigenvalue weighted by atomic mass is 9.97. The minimum absolute atomic E-state index is 0.792. The molecule has 0 amide bonds. The Morgan fingerprint density at radius 1 is 1.25 bits per heavy atom. The molecule has 1 fully saturated rings. The van der Waals surface area contributed by atoms with E-state index < -0.39 is 0 Å². The molecule has 1 aromatic carbocycles. The van der Waals surface area contributed by atoms with E-state index in [0.29, 0.717) is 0 Å². The zero-order valence-electron chi connectivity index (χ0n) is 11.8. The summed E-state index contributed by atoms with van der Waals surface area (Å²) < 4.78 is 2.26. The van der Waals surface area contributed by atoms with Crippen LogP contribution in [0.3, 0.4) is 0 Å². The molecule has 1 N–H and O–H groups in total. The molecule has 0 saturated carbocycles. The van der Waals surface area contributed by atoms with Gasteiger partial charge in [-0.15, -0.1) is 0 Å². The molecule has 1 atom stereocenters. The molecule has 3 aromatic rings. The third-order valence-corrected chi connectivity index (χ3v) is 4.56. The van der Waals surface area contributed by atoms with Crippen molar-refractivity contribution in [1.82, 2.24) is 14.9 Å². The summed E-state index contributed by atoms with van der Waals surface area (Å²) in [6, 6.07) is 8.99. The first-order chi connectivity index (χ1) is 9.83. The fraction of sp³-hybridized carbons (Fsp3) is 0.353. The molecule has 3 nitrogen and oxygen atoms in total. The average Bonchev–Trinajstić information content (AvgIpc) is 3.08. The summed E-state index contributed by atoms with van der Waals surface area (Å²) in [7, 11) is 2.13. The standard InChI is InChI=1S/C17H19N3/c1-20-16-3-2-12(8-13-4-6-18-10-13)9-14(16)15-11-19-7-5-17(15)20/h2-3,5,7,9,11,13,18H,4,6,8,10H2,1H3. The Morgan fingerprint density at radius 3 is 3.00 bits per heavy atom. The molecule has 3 heterocycles. The Kier molecular flexibility index (Phi) is 2.74. The molecule has 20 heavy (non-hydrogen) atoms. The van der Waals surface area contributed by atoms with Gasteiger partial charge in [-0.05, 0) is 55.6 Å². The number of hydrogen-bond acceptors (Lipinski definition) is 2. The van der Waals surface area contributed by atoms with Gasteiger partial charge in [-0.2, -0.15) is 0 Å². The minimum Gasteiger partial charge on any atom is -0.344 e. The fourth-order valence-electron chi connectivity index (χ4n) is 3.46. The second-order valence-corrected chi connectivity index (χ2v) is 5.87. The van der Waals surface area contributed by atoms with Gasteiger partial charge < -0.3 is 9.88 Å². The van der Waals surface area contributed by atoms with Gasteiger partial charge in [0.15, 0.2) is 0 Å². The highest BCUT2D eigenvalue weighted by Gasteiger charge is 2.16. The van der Waals surface area contributed by atoms with Crippen molar-refractivity contribution >= 4 is 21.8 Å². The number of nitrogens with zero attached hydrogens (tertiary/aromatic N) is 2. The molecule has 0 bridgehead atoms. The Balaban J connectivity index is 1.83. The zero-order valence-corrected chi connectivity index (χ0v) is 11.8. The number of nitrogens with one attached hydrogen (secondary N) is 1. The van der Waals surface area contributed by atoms with E-state index in [-0.39, 0.29) is 0 Å². The Bertz CT molecular complexity index is 766. The third kappa shape index (κ3) is 1.81. The summed E-state index contributed by atoms with van der Waals surface area (Å²) in [5.74, 6) is 0.792. The SMILES string of the molecule is Cn1c2ccncc2c2cc(CC3CCNC3)ccc21. The van der Waals surface area contributed by atoms with E-state index in [1.165, 1.54) is 46.8 Å². The van der Waals surface area contributed by atoms with Crippen molar-refractivity contribution in [2.45, 2.75) is 12.8 Å². The van der Waals surface area contributed by atoms with Gasteiger partial charge in [0.05, 0.1) is 5.52 Å². The third-order valence-electron chi connectivity index (χ3n) is 4.56. The highest BCUT2D eigenvalue weighted by Crippen LogP contribution is 2.29. The van der Waals surface area contributed by atoms with Crippen LogP contribution >= 0.6 is 0 Å². The van der Waals surface area contributed by atoms with Crippen molar-refractivity contribution in [3.63, 3.8) is 0 Å². The maximum atomic E-state index is 4.29. The van der Waals surface area contributed by atoms with E-state index in [9.17, 15) is 0 Å². The topological polar surface area (TPSA) is 29.9 Å². The molecule has 0 aliphatic carbocycles. The lowest BCUT2D eigenvalue weighted by Crippen LogP contribution is -2.10. The molecule has 3 heteroatoms. The van der Waals surface area contributed by atoms with Crippen molar-refractivity contribution in [3.05, 3.63) is 42.2 Å². The van der Waals surface area contributed by atoms with Crippen LogP contribution in [0.1, 0.15) is 12.0 Å². The molecular weight excluding hydrogens is 246 g/mol. The second-order valence-electron chi connectivity index (χ2n) is 5.87. The number of pyridine rings is 1. The van der Waals surface area contributed by atoms with Crippen molar-refractivity contribution in [3.8, 4) is 0 Å². The van der Waals surface area contributed by atoms with Crippen molar-refractivity contribution in [2.75, 3.05) is 13.1 Å². The van der Waals surface area contributed by atoms with Crippen LogP contribution in [0.5, 0.6) is 0 Å². The Labute approximate surface area is 118 Å². The molecular formula is C17H19N3. The van der Waals surface area contributed by atoms with E-state index in [0.717, 1.165) is 12.5 Å². The molecule has 0 radical (unpaired) electrons. The lowest BCUT2D eigenvalue weighted by Gasteiger charge is -2.08. The summed E-state index contributed by atoms with van der Waals surface area (Å²) in [4.78, 5) is 4.29. The molecule has 1 aliphatic heterocycles. The van der Waals surface area contributed by atoms with E-state index in [4.69, 9.17) is 0 Å². The van der Waals surface area contributed by atoms with Gasteiger partial charge in [0, 0.05) is 35.7 Å². The Hall–Kier alpha value is -1.87. The summed E-state index contributed by atoms with van der Waals surface area (Å²) in [5, 5.41) is 6.04. The van der Waals surface area contributed by atoms with Gasteiger partial charge in [-0.3, -0.25) is 4.98 Å². The highest BCUT2D eigenvalue weighted by atomic mass is 14.9. The van der Waals surface area contributed by atoms with Crippen LogP contribution < -0.4 is 5.32 Å². The summed E-state index contributed by atoms with van der Waals surface area (Å²) >= 11 is 0. The maximum Gasteiger partial charge on any atom is 0.0519 e. The van der Waals surface area contributed by atoms with Crippen LogP contribution in [0, 0.1) is 5.92 Å². The molecule has 102 valence electrons. The van der Waals surface area contributed by atoms with Gasteiger partial charge in [-0.1, -0.05) is 6.07 Å². The predicted octanol–water partition coefficient (Wildman–Crippen LogP) is 2.88. The molecule has 1 aliphatic rings. The Morgan fingerprint density at radius 2 is 2.15 bits per heavy atom. The van der Waals surface area contributed by atoms with Crippen molar-refractivity contribution in [2.24, 2.45) is 13.0 Å². The maximum absolute atomic E-state index is 4.29. The van der Waals surface area contributed by atoms with Crippen LogP contribution in [0.15, 0.2) is 36.7 Å². The average molecular weight is 265 g/mol. The van der Waals surface area contributed by atoms with Gasteiger partial charge in [0.2, 0.25) is 0 Å². The van der Waals surface area contributed by atoms with Gasteiger partial charge in [0.25, 0.3) is 0 Å². The number of aryl methyl sites for hydroxylation is 1. The minimum atomic E-state index is 0.792. The first-order valence-corrected chi connectivity index (χ1v) is 7.34. The number of fused-ring (bicyclic) bond motifs is 3. The summed E-state index contributed by atoms with van der Waals surface area (Å²) in [6.07, 6.45) is 6.33. The normalized spacial score (nSPS) is 19.1. The quantitative estimate of drug-likeness (QED) is 0.772. The van der Waals surface area contributed by atoms with Crippen LogP contribution in [0.25, 0.3) is 21.8 Å². The van der Waals surface area contributed by atoms with Crippen molar-refractivity contribution in [1.29, 1.82) is 0 Å². The molecule has 1 saturated heterocycles. The lowest BCUT2D eigenvalue weighted by molar-refractivity contribution is 0.580. The number of rotatable bonds is 2. The van der Waals surface area contributed by atoms with Crippen LogP contribution in [0.2, 0.25) is 0 Å². The number of benzene rings is 1. The summed E-state index contributed by atoms with van der Waals surface area (Å²) in [5.41, 5.74) is 4.00. The molecule has 2 aromatic heterocycles. The predicted molar refractivity (Wildman–Crippen MR) is 82.9 cm³/mol. The van der Waals surface area contributed by atoms with Crippen molar-refractivity contribution < 1.29 is 0 Å². The van der Waals surface area contributed by atoms with E-state index in [1.807, 2.05) is 12.4 Å². The smallest absolute Gasteiger partial charge is 0.0519 e.